The molecular weight excluding hydrogens is 465 g/mol. The summed E-state index contributed by atoms with van der Waals surface area (Å²) >= 11 is -0.169. The van der Waals surface area contributed by atoms with E-state index >= 15 is 0 Å². The first-order valence-electron chi connectivity index (χ1n) is 9.72. The van der Waals surface area contributed by atoms with E-state index in [2.05, 4.69) is 5.32 Å². The van der Waals surface area contributed by atoms with Crippen molar-refractivity contribution >= 4 is 31.5 Å². The van der Waals surface area contributed by atoms with Crippen molar-refractivity contribution in [2.45, 2.75) is 35.4 Å². The first-order chi connectivity index (χ1) is 14.3. The van der Waals surface area contributed by atoms with Crippen LogP contribution in [0.15, 0.2) is 54.6 Å². The van der Waals surface area contributed by atoms with Crippen LogP contribution in [0.25, 0.3) is 0 Å². The zero-order valence-corrected chi connectivity index (χ0v) is 20.0. The Morgan fingerprint density at radius 1 is 1.13 bits per heavy atom. The molecule has 0 saturated heterocycles. The molecule has 2 atom stereocenters. The molecule has 0 unspecified atom stereocenters. The van der Waals surface area contributed by atoms with Crippen molar-refractivity contribution in [1.29, 1.82) is 0 Å². The van der Waals surface area contributed by atoms with Gasteiger partial charge in [0.15, 0.2) is 0 Å². The molecule has 0 spiro atoms. The zero-order valence-electron chi connectivity index (χ0n) is 17.3. The normalized spacial score (nSPS) is 13.8. The van der Waals surface area contributed by atoms with Crippen LogP contribution in [-0.4, -0.2) is 66.4 Å². The minimum atomic E-state index is -3.21. The number of nitrogens with one attached hydrogen (secondary N) is 1. The van der Waals surface area contributed by atoms with Crippen LogP contribution in [-0.2, 0) is 26.3 Å². The average Bonchev–Trinajstić information content (AvgIpc) is 2.72. The molecule has 6 nitrogen and oxygen atoms in total. The summed E-state index contributed by atoms with van der Waals surface area (Å²) in [5.74, 6) is 0.258. The van der Waals surface area contributed by atoms with Gasteiger partial charge >= 0.3 is 186 Å². The van der Waals surface area contributed by atoms with E-state index in [4.69, 9.17) is 4.74 Å². The number of benzene rings is 2. The fourth-order valence-electron chi connectivity index (χ4n) is 2.93. The Morgan fingerprint density at radius 2 is 1.83 bits per heavy atom. The van der Waals surface area contributed by atoms with E-state index < -0.39 is 22.0 Å². The predicted molar refractivity (Wildman–Crippen MR) is 120 cm³/mol. The van der Waals surface area contributed by atoms with Gasteiger partial charge in [-0.25, -0.2) is 0 Å². The third-order valence-corrected chi connectivity index (χ3v) is 8.06. The Balaban J connectivity index is 1.96. The van der Waals surface area contributed by atoms with Crippen LogP contribution < -0.4 is 10.1 Å². The molecule has 2 N–H and O–H groups in total. The van der Waals surface area contributed by atoms with Gasteiger partial charge in [-0.05, 0) is 0 Å². The van der Waals surface area contributed by atoms with Gasteiger partial charge in [-0.2, -0.15) is 0 Å². The van der Waals surface area contributed by atoms with Gasteiger partial charge in [0.25, 0.3) is 0 Å². The minimum absolute atomic E-state index is 0.103. The molecule has 8 heteroatoms. The molecule has 2 aromatic carbocycles. The number of carbonyl (C=O) groups excluding carboxylic acids is 1. The predicted octanol–water partition coefficient (Wildman–Crippen LogP) is 1.84. The third-order valence-electron chi connectivity index (χ3n) is 4.55. The number of aliphatic hydroxyl groups is 1. The Morgan fingerprint density at radius 3 is 2.50 bits per heavy atom. The van der Waals surface area contributed by atoms with Crippen LogP contribution in [0.5, 0.6) is 5.75 Å². The van der Waals surface area contributed by atoms with Crippen molar-refractivity contribution in [3.8, 4) is 5.75 Å². The average molecular weight is 494 g/mol. The second-order valence-electron chi connectivity index (χ2n) is 7.23. The zero-order chi connectivity index (χ0) is 22.0. The monoisotopic (exact) mass is 494 g/mol. The van der Waals surface area contributed by atoms with Crippen LogP contribution in [0.3, 0.4) is 0 Å². The van der Waals surface area contributed by atoms with Gasteiger partial charge in [0, 0.05) is 0 Å². The number of hydrogen-bond acceptors (Lipinski definition) is 5. The molecule has 0 saturated carbocycles. The summed E-state index contributed by atoms with van der Waals surface area (Å²) in [5.41, 5.74) is 2.17. The molecule has 0 aromatic heterocycles. The maximum atomic E-state index is 12.3. The number of carbonyl (C=O) groups is 1. The quantitative estimate of drug-likeness (QED) is 0.440. The van der Waals surface area contributed by atoms with Crippen LogP contribution in [0.2, 0.25) is 5.21 Å². The number of ether oxygens (including phenoxy) is 1. The summed E-state index contributed by atoms with van der Waals surface area (Å²) in [5, 5.41) is 15.1. The van der Waals surface area contributed by atoms with Gasteiger partial charge in [0.1, 0.15) is 0 Å². The van der Waals surface area contributed by atoms with Gasteiger partial charge < -0.3 is 0 Å². The summed E-state index contributed by atoms with van der Waals surface area (Å²) in [6.07, 6.45) is 0.804. The van der Waals surface area contributed by atoms with Crippen molar-refractivity contribution in [3.05, 3.63) is 65.7 Å². The molecule has 0 aliphatic heterocycles. The maximum absolute atomic E-state index is 12.3. The van der Waals surface area contributed by atoms with Gasteiger partial charge in [0.2, 0.25) is 0 Å². The van der Waals surface area contributed by atoms with Gasteiger partial charge in [0.05, 0.1) is 0 Å². The van der Waals surface area contributed by atoms with Crippen molar-refractivity contribution in [2.24, 2.45) is 0 Å². The second kappa shape index (κ2) is 12.1. The van der Waals surface area contributed by atoms with Crippen LogP contribution in [0, 0.1) is 0 Å². The fourth-order valence-corrected chi connectivity index (χ4v) is 5.80. The van der Waals surface area contributed by atoms with Crippen molar-refractivity contribution in [2.75, 3.05) is 19.1 Å². The molecule has 163 valence electrons. The Labute approximate surface area is 185 Å². The van der Waals surface area contributed by atoms with E-state index in [9.17, 15) is 18.3 Å². The number of sulfone groups is 1. The van der Waals surface area contributed by atoms with E-state index in [0.29, 0.717) is 11.6 Å². The SMILES string of the molecule is COc1cccc(C[As]C[C@H](O)[C@H](Cc2ccccc2)NC(=O)CCS(C)(=O)=O)c1. The molecule has 2 aromatic rings. The molecule has 1 radical (unpaired) electrons. The van der Waals surface area contributed by atoms with E-state index in [1.165, 1.54) is 5.56 Å². The molecule has 0 bridgehead atoms. The fraction of sp³-hybridized carbons (Fsp3) is 0.409. The van der Waals surface area contributed by atoms with Crippen molar-refractivity contribution in [1.82, 2.24) is 5.32 Å². The third kappa shape index (κ3) is 9.33. The molecule has 0 fully saturated rings. The number of methoxy groups -OCH3 is 1. The van der Waals surface area contributed by atoms with Crippen molar-refractivity contribution < 1.29 is 23.1 Å². The van der Waals surface area contributed by atoms with Gasteiger partial charge in [-0.1, -0.05) is 0 Å². The topological polar surface area (TPSA) is 92.7 Å². The van der Waals surface area contributed by atoms with E-state index in [1.54, 1.807) is 7.11 Å². The summed E-state index contributed by atoms with van der Waals surface area (Å²) in [7, 11) is -1.58. The molecular formula is C22H29AsNO5S. The Bertz CT molecular complexity index is 905. The van der Waals surface area contributed by atoms with E-state index in [-0.39, 0.29) is 33.8 Å². The van der Waals surface area contributed by atoms with Gasteiger partial charge in [-0.3, -0.25) is 0 Å². The number of amides is 1. The Kier molecular flexibility index (Phi) is 9.89. The summed E-state index contributed by atoms with van der Waals surface area (Å²) in [6.45, 7) is 0. The van der Waals surface area contributed by atoms with Crippen molar-refractivity contribution in [3.63, 3.8) is 0 Å². The molecule has 2 rings (SSSR count). The summed E-state index contributed by atoms with van der Waals surface area (Å²) in [6, 6.07) is 17.1. The first-order valence-corrected chi connectivity index (χ1v) is 14.4. The number of hydrogen-bond donors (Lipinski definition) is 2. The van der Waals surface area contributed by atoms with Crippen LogP contribution in [0.4, 0.5) is 0 Å². The summed E-state index contributed by atoms with van der Waals surface area (Å²) in [4.78, 5) is 12.3. The van der Waals surface area contributed by atoms with Gasteiger partial charge in [-0.15, -0.1) is 0 Å². The number of rotatable bonds is 12. The van der Waals surface area contributed by atoms with Crippen LogP contribution in [0.1, 0.15) is 17.5 Å². The standard InChI is InChI=1S/C22H29AsNO5S/c1-29-19-10-6-9-18(13-19)15-23-16-21(25)20(14-17-7-4-3-5-8-17)24-22(26)11-12-30(2,27)28/h3-10,13,20-21,25H,11-12,14-16H2,1-2H3,(H,24,26)/t20-,21-/m0/s1. The molecule has 0 heterocycles. The summed E-state index contributed by atoms with van der Waals surface area (Å²) < 4.78 is 27.9. The van der Waals surface area contributed by atoms with E-state index in [1.807, 2.05) is 54.6 Å². The molecule has 1 amide bonds. The van der Waals surface area contributed by atoms with Crippen LogP contribution >= 0.6 is 0 Å². The molecule has 0 aliphatic rings. The number of aliphatic hydroxyl groups excluding tert-OH is 1. The molecule has 30 heavy (non-hydrogen) atoms. The molecule has 0 aliphatic carbocycles. The first kappa shape index (κ1) is 24.4. The van der Waals surface area contributed by atoms with E-state index in [0.717, 1.165) is 22.8 Å². The second-order valence-corrected chi connectivity index (χ2v) is 11.9. The Hall–Kier alpha value is -1.82.